The predicted molar refractivity (Wildman–Crippen MR) is 65.0 cm³/mol. The SMILES string of the molecule is COC(=O)[C@H]1C2CCC1N(C(=O)OC(C)(C)C)C2. The van der Waals surface area contributed by atoms with Crippen LogP contribution in [0.3, 0.4) is 0 Å². The Morgan fingerprint density at radius 1 is 1.22 bits per heavy atom. The first-order valence-corrected chi connectivity index (χ1v) is 6.41. The quantitative estimate of drug-likeness (QED) is 0.670. The zero-order valence-electron chi connectivity index (χ0n) is 11.4. The minimum absolute atomic E-state index is 0.0442. The van der Waals surface area contributed by atoms with Crippen LogP contribution in [0, 0.1) is 11.8 Å². The Hall–Kier alpha value is -1.26. The molecule has 0 aromatic carbocycles. The highest BCUT2D eigenvalue weighted by atomic mass is 16.6. The van der Waals surface area contributed by atoms with E-state index < -0.39 is 5.60 Å². The van der Waals surface area contributed by atoms with Gasteiger partial charge < -0.3 is 14.4 Å². The van der Waals surface area contributed by atoms with E-state index in [2.05, 4.69) is 0 Å². The number of ether oxygens (including phenoxy) is 2. The molecule has 2 fully saturated rings. The molecule has 1 saturated carbocycles. The molecular formula is C13H21NO4. The molecule has 1 aliphatic heterocycles. The molecule has 1 saturated heterocycles. The van der Waals surface area contributed by atoms with Crippen molar-refractivity contribution in [3.8, 4) is 0 Å². The molecule has 5 heteroatoms. The Labute approximate surface area is 107 Å². The van der Waals surface area contributed by atoms with Gasteiger partial charge in [-0.05, 0) is 39.5 Å². The minimum atomic E-state index is -0.500. The van der Waals surface area contributed by atoms with Crippen LogP contribution < -0.4 is 0 Å². The number of rotatable bonds is 1. The third kappa shape index (κ3) is 2.31. The van der Waals surface area contributed by atoms with Gasteiger partial charge in [-0.1, -0.05) is 0 Å². The van der Waals surface area contributed by atoms with E-state index in [1.54, 1.807) is 4.90 Å². The summed E-state index contributed by atoms with van der Waals surface area (Å²) in [5.74, 6) is -0.133. The van der Waals surface area contributed by atoms with E-state index >= 15 is 0 Å². The molecule has 0 aromatic rings. The molecule has 18 heavy (non-hydrogen) atoms. The summed E-state index contributed by atoms with van der Waals surface area (Å²) in [6.45, 7) is 6.14. The fraction of sp³-hybridized carbons (Fsp3) is 0.846. The highest BCUT2D eigenvalue weighted by molar-refractivity contribution is 5.77. The molecule has 2 bridgehead atoms. The summed E-state index contributed by atoms with van der Waals surface area (Å²) in [4.78, 5) is 25.5. The highest BCUT2D eigenvalue weighted by Gasteiger charge is 2.53. The molecule has 1 amide bonds. The third-order valence-corrected chi connectivity index (χ3v) is 3.69. The van der Waals surface area contributed by atoms with Crippen molar-refractivity contribution in [3.05, 3.63) is 0 Å². The first kappa shape index (κ1) is 13.2. The second kappa shape index (κ2) is 4.44. The number of hydrogen-bond acceptors (Lipinski definition) is 4. The number of piperidine rings is 1. The maximum atomic E-state index is 12.1. The fourth-order valence-corrected chi connectivity index (χ4v) is 3.02. The zero-order chi connectivity index (χ0) is 13.5. The van der Waals surface area contributed by atoms with Gasteiger partial charge in [0.2, 0.25) is 0 Å². The average molecular weight is 255 g/mol. The number of amides is 1. The van der Waals surface area contributed by atoms with Gasteiger partial charge in [0.25, 0.3) is 0 Å². The van der Waals surface area contributed by atoms with Gasteiger partial charge in [0, 0.05) is 12.6 Å². The number of esters is 1. The van der Waals surface area contributed by atoms with Crippen LogP contribution in [0.1, 0.15) is 33.6 Å². The summed E-state index contributed by atoms with van der Waals surface area (Å²) >= 11 is 0. The molecule has 3 atom stereocenters. The third-order valence-electron chi connectivity index (χ3n) is 3.69. The molecule has 0 N–H and O–H groups in total. The van der Waals surface area contributed by atoms with E-state index in [0.717, 1.165) is 12.8 Å². The summed E-state index contributed by atoms with van der Waals surface area (Å²) in [5.41, 5.74) is -0.500. The van der Waals surface area contributed by atoms with Gasteiger partial charge in [-0.25, -0.2) is 4.79 Å². The van der Waals surface area contributed by atoms with Crippen molar-refractivity contribution < 1.29 is 19.1 Å². The molecule has 102 valence electrons. The van der Waals surface area contributed by atoms with E-state index in [-0.39, 0.29) is 29.9 Å². The van der Waals surface area contributed by atoms with Crippen molar-refractivity contribution in [2.75, 3.05) is 13.7 Å². The molecule has 0 spiro atoms. The van der Waals surface area contributed by atoms with Gasteiger partial charge in [-0.15, -0.1) is 0 Å². The van der Waals surface area contributed by atoms with Crippen LogP contribution >= 0.6 is 0 Å². The topological polar surface area (TPSA) is 55.8 Å². The first-order chi connectivity index (χ1) is 8.33. The number of methoxy groups -OCH3 is 1. The maximum Gasteiger partial charge on any atom is 0.410 e. The van der Waals surface area contributed by atoms with Gasteiger partial charge in [0.1, 0.15) is 5.60 Å². The molecule has 2 rings (SSSR count). The van der Waals surface area contributed by atoms with E-state index in [1.165, 1.54) is 7.11 Å². The molecule has 1 heterocycles. The Kier molecular flexibility index (Phi) is 3.25. The molecule has 1 aliphatic carbocycles. The monoisotopic (exact) mass is 255 g/mol. The zero-order valence-corrected chi connectivity index (χ0v) is 11.4. The van der Waals surface area contributed by atoms with Gasteiger partial charge in [-0.2, -0.15) is 0 Å². The van der Waals surface area contributed by atoms with Gasteiger partial charge >= 0.3 is 12.1 Å². The van der Waals surface area contributed by atoms with Crippen LogP contribution in [-0.4, -0.2) is 42.3 Å². The lowest BCUT2D eigenvalue weighted by Gasteiger charge is -2.30. The smallest absolute Gasteiger partial charge is 0.410 e. The minimum Gasteiger partial charge on any atom is -0.469 e. The van der Waals surface area contributed by atoms with Crippen molar-refractivity contribution in [1.82, 2.24) is 4.90 Å². The lowest BCUT2D eigenvalue weighted by molar-refractivity contribution is -0.146. The van der Waals surface area contributed by atoms with Gasteiger partial charge in [0.15, 0.2) is 0 Å². The molecule has 5 nitrogen and oxygen atoms in total. The predicted octanol–water partition coefficient (Wildman–Crippen LogP) is 1.80. The number of hydrogen-bond donors (Lipinski definition) is 0. The van der Waals surface area contributed by atoms with E-state index in [0.29, 0.717) is 6.54 Å². The van der Waals surface area contributed by atoms with E-state index in [1.807, 2.05) is 20.8 Å². The van der Waals surface area contributed by atoms with Crippen molar-refractivity contribution in [2.45, 2.75) is 45.3 Å². The van der Waals surface area contributed by atoms with Crippen molar-refractivity contribution in [1.29, 1.82) is 0 Å². The van der Waals surface area contributed by atoms with Crippen LogP contribution in [0.15, 0.2) is 0 Å². The summed E-state index contributed by atoms with van der Waals surface area (Å²) in [7, 11) is 1.40. The largest absolute Gasteiger partial charge is 0.469 e. The summed E-state index contributed by atoms with van der Waals surface area (Å²) in [6.07, 6.45) is 1.54. The number of carbonyl (C=O) groups excluding carboxylic acids is 2. The van der Waals surface area contributed by atoms with E-state index in [9.17, 15) is 9.59 Å². The summed E-state index contributed by atoms with van der Waals surface area (Å²) < 4.78 is 10.2. The van der Waals surface area contributed by atoms with Crippen molar-refractivity contribution in [2.24, 2.45) is 11.8 Å². The van der Waals surface area contributed by atoms with Gasteiger partial charge in [-0.3, -0.25) is 4.79 Å². The van der Waals surface area contributed by atoms with Crippen LogP contribution in [-0.2, 0) is 14.3 Å². The summed E-state index contributed by atoms with van der Waals surface area (Å²) in [6, 6.07) is -0.0442. The lowest BCUT2D eigenvalue weighted by atomic mass is 9.99. The normalized spacial score (nSPS) is 30.4. The van der Waals surface area contributed by atoms with Crippen LogP contribution in [0.2, 0.25) is 0 Å². The number of fused-ring (bicyclic) bond motifs is 2. The van der Waals surface area contributed by atoms with Crippen LogP contribution in [0.5, 0.6) is 0 Å². The molecule has 0 aromatic heterocycles. The highest BCUT2D eigenvalue weighted by Crippen LogP contribution is 2.43. The maximum absolute atomic E-state index is 12.1. The standard InChI is InChI=1S/C13H21NO4/c1-13(2,3)18-12(16)14-7-8-5-6-9(14)10(8)11(15)17-4/h8-10H,5-7H2,1-4H3/t8?,9?,10-/m0/s1. The van der Waals surface area contributed by atoms with Crippen LogP contribution in [0.4, 0.5) is 4.79 Å². The molecule has 0 radical (unpaired) electrons. The van der Waals surface area contributed by atoms with Crippen molar-refractivity contribution in [3.63, 3.8) is 0 Å². The second-order valence-electron chi connectivity index (χ2n) is 6.09. The van der Waals surface area contributed by atoms with Crippen LogP contribution in [0.25, 0.3) is 0 Å². The van der Waals surface area contributed by atoms with Crippen molar-refractivity contribution >= 4 is 12.1 Å². The average Bonchev–Trinajstić information content (AvgIpc) is 2.82. The Bertz CT molecular complexity index is 360. The number of nitrogens with zero attached hydrogens (tertiary/aromatic N) is 1. The molecule has 2 unspecified atom stereocenters. The molecule has 2 aliphatic rings. The second-order valence-corrected chi connectivity index (χ2v) is 6.09. The van der Waals surface area contributed by atoms with E-state index in [4.69, 9.17) is 9.47 Å². The summed E-state index contributed by atoms with van der Waals surface area (Å²) in [5, 5.41) is 0. The lowest BCUT2D eigenvalue weighted by Crippen LogP contribution is -2.42. The Morgan fingerprint density at radius 2 is 1.89 bits per heavy atom. The Morgan fingerprint density at radius 3 is 2.44 bits per heavy atom. The fourth-order valence-electron chi connectivity index (χ4n) is 3.02. The number of carbonyl (C=O) groups is 2. The first-order valence-electron chi connectivity index (χ1n) is 6.41. The Balaban J connectivity index is 2.06. The van der Waals surface area contributed by atoms with Gasteiger partial charge in [0.05, 0.1) is 13.0 Å². The molecular weight excluding hydrogens is 234 g/mol. The number of likely N-dealkylation sites (tertiary alicyclic amines) is 1.